The molecule has 2 bridgehead atoms. The van der Waals surface area contributed by atoms with E-state index in [-0.39, 0.29) is 5.92 Å². The van der Waals surface area contributed by atoms with E-state index in [4.69, 9.17) is 4.74 Å². The molecule has 0 radical (unpaired) electrons. The number of hydrogen-bond acceptors (Lipinski definition) is 1. The van der Waals surface area contributed by atoms with Crippen LogP contribution in [-0.2, 0) is 11.8 Å². The van der Waals surface area contributed by atoms with Gasteiger partial charge in [-0.2, -0.15) is 0 Å². The highest BCUT2D eigenvalue weighted by molar-refractivity contribution is 5.86. The lowest BCUT2D eigenvalue weighted by Crippen LogP contribution is -2.33. The number of pyridine rings is 1. The van der Waals surface area contributed by atoms with Gasteiger partial charge in [-0.1, -0.05) is 43.0 Å². The molecule has 2 nitrogen and oxygen atoms in total. The molecule has 2 aliphatic rings. The van der Waals surface area contributed by atoms with E-state index in [1.807, 2.05) is 31.4 Å². The number of nitrogens with zero attached hydrogens (tertiary/aromatic N) is 1. The molecule has 1 aliphatic heterocycles. The Kier molecular flexibility index (Phi) is 3.46. The fourth-order valence-electron chi connectivity index (χ4n) is 3.46. The minimum Gasteiger partial charge on any atom is -0.457 e. The Morgan fingerprint density at radius 1 is 1.00 bits per heavy atom. The molecule has 2 heteroatoms. The van der Waals surface area contributed by atoms with E-state index in [1.54, 1.807) is 0 Å². The average molecular weight is 314 g/mol. The van der Waals surface area contributed by atoms with Crippen molar-refractivity contribution in [1.29, 1.82) is 0 Å². The maximum atomic E-state index is 6.19. The molecule has 1 aromatic heterocycles. The van der Waals surface area contributed by atoms with Gasteiger partial charge in [-0.25, -0.2) is 4.57 Å². The van der Waals surface area contributed by atoms with Gasteiger partial charge in [0.2, 0.25) is 5.69 Å². The number of allylic oxidation sites excluding steroid dienone is 5. The van der Waals surface area contributed by atoms with Crippen LogP contribution in [0.3, 0.4) is 0 Å². The number of benzene rings is 1. The maximum Gasteiger partial charge on any atom is 0.215 e. The van der Waals surface area contributed by atoms with Gasteiger partial charge in [-0.15, -0.1) is 0 Å². The summed E-state index contributed by atoms with van der Waals surface area (Å²) >= 11 is 0. The highest BCUT2D eigenvalue weighted by Gasteiger charge is 2.31. The Morgan fingerprint density at radius 3 is 2.50 bits per heavy atom. The van der Waals surface area contributed by atoms with Crippen molar-refractivity contribution in [3.05, 3.63) is 102 Å². The number of aromatic nitrogens is 1. The van der Waals surface area contributed by atoms with Crippen LogP contribution in [0.2, 0.25) is 0 Å². The summed E-state index contributed by atoms with van der Waals surface area (Å²) < 4.78 is 8.30. The molecule has 0 amide bonds. The first-order valence-electron chi connectivity index (χ1n) is 8.17. The van der Waals surface area contributed by atoms with Gasteiger partial charge in [0.25, 0.3) is 0 Å². The summed E-state index contributed by atoms with van der Waals surface area (Å²) in [5.41, 5.74) is 5.81. The van der Waals surface area contributed by atoms with E-state index in [2.05, 4.69) is 60.6 Å². The molecule has 0 saturated heterocycles. The summed E-state index contributed by atoms with van der Waals surface area (Å²) in [6, 6.07) is 16.6. The van der Waals surface area contributed by atoms with Gasteiger partial charge in [-0.3, -0.25) is 0 Å². The number of rotatable bonds is 2. The molecule has 0 fully saturated rings. The minimum absolute atomic E-state index is 0.240. The highest BCUT2D eigenvalue weighted by Crippen LogP contribution is 2.43. The molecule has 2 heterocycles. The number of aryl methyl sites for hydroxylation is 1. The molecular formula is C22H20NO+. The van der Waals surface area contributed by atoms with E-state index in [0.29, 0.717) is 5.76 Å². The Balaban J connectivity index is 1.83. The van der Waals surface area contributed by atoms with Crippen molar-refractivity contribution in [2.24, 2.45) is 13.0 Å². The zero-order chi connectivity index (χ0) is 16.7. The van der Waals surface area contributed by atoms with E-state index in [1.165, 1.54) is 11.1 Å². The summed E-state index contributed by atoms with van der Waals surface area (Å²) in [6.45, 7) is 6.38. The normalized spacial score (nSPS) is 19.6. The third kappa shape index (κ3) is 2.31. The maximum absolute atomic E-state index is 6.19. The van der Waals surface area contributed by atoms with Gasteiger partial charge in [0.1, 0.15) is 18.6 Å². The highest BCUT2D eigenvalue weighted by atomic mass is 16.5. The van der Waals surface area contributed by atoms with E-state index >= 15 is 0 Å². The van der Waals surface area contributed by atoms with Gasteiger partial charge in [-0.05, 0) is 30.2 Å². The number of ether oxygens (including phenoxy) is 1. The van der Waals surface area contributed by atoms with Crippen molar-refractivity contribution in [3.63, 3.8) is 0 Å². The third-order valence-corrected chi connectivity index (χ3v) is 4.74. The first-order valence-corrected chi connectivity index (χ1v) is 8.17. The SMILES string of the molecule is C=C1OC2=CC(C=C2c2ccccc2)C(C)=C1c1cccc[n+]1C. The molecule has 4 rings (SSSR count). The monoisotopic (exact) mass is 314 g/mol. The summed E-state index contributed by atoms with van der Waals surface area (Å²) in [5.74, 6) is 1.86. The van der Waals surface area contributed by atoms with Crippen LogP contribution in [0.4, 0.5) is 0 Å². The summed E-state index contributed by atoms with van der Waals surface area (Å²) in [7, 11) is 2.05. The second kappa shape index (κ2) is 5.64. The molecule has 24 heavy (non-hydrogen) atoms. The molecule has 2 aromatic rings. The van der Waals surface area contributed by atoms with E-state index < -0.39 is 0 Å². The predicted octanol–water partition coefficient (Wildman–Crippen LogP) is 4.43. The van der Waals surface area contributed by atoms with Crippen LogP contribution < -0.4 is 4.57 Å². The fraction of sp³-hybridized carbons (Fsp3) is 0.136. The second-order valence-electron chi connectivity index (χ2n) is 6.28. The van der Waals surface area contributed by atoms with Gasteiger partial charge in [0.15, 0.2) is 6.20 Å². The summed E-state index contributed by atoms with van der Waals surface area (Å²) in [5, 5.41) is 0. The van der Waals surface area contributed by atoms with Gasteiger partial charge in [0, 0.05) is 23.6 Å². The second-order valence-corrected chi connectivity index (χ2v) is 6.28. The number of hydrogen-bond donors (Lipinski definition) is 0. The van der Waals surface area contributed by atoms with Crippen molar-refractivity contribution in [2.45, 2.75) is 6.92 Å². The van der Waals surface area contributed by atoms with Crippen molar-refractivity contribution < 1.29 is 9.30 Å². The molecule has 1 atom stereocenters. The third-order valence-electron chi connectivity index (χ3n) is 4.74. The van der Waals surface area contributed by atoms with Crippen LogP contribution in [0.1, 0.15) is 18.2 Å². The lowest BCUT2D eigenvalue weighted by atomic mass is 9.93. The van der Waals surface area contributed by atoms with E-state index in [0.717, 1.165) is 22.6 Å². The minimum atomic E-state index is 0.240. The Morgan fingerprint density at radius 2 is 1.75 bits per heavy atom. The lowest BCUT2D eigenvalue weighted by Gasteiger charge is -2.17. The van der Waals surface area contributed by atoms with Crippen LogP contribution >= 0.6 is 0 Å². The van der Waals surface area contributed by atoms with Crippen molar-refractivity contribution in [3.8, 4) is 0 Å². The van der Waals surface area contributed by atoms with Gasteiger partial charge >= 0.3 is 0 Å². The van der Waals surface area contributed by atoms with Crippen LogP contribution in [0.5, 0.6) is 0 Å². The quantitative estimate of drug-likeness (QED) is 0.748. The molecule has 0 N–H and O–H groups in total. The Hall–Kier alpha value is -2.87. The largest absolute Gasteiger partial charge is 0.457 e. The van der Waals surface area contributed by atoms with Crippen LogP contribution in [-0.4, -0.2) is 0 Å². The average Bonchev–Trinajstić information content (AvgIpc) is 2.96. The fourth-order valence-corrected chi connectivity index (χ4v) is 3.46. The molecular weight excluding hydrogens is 294 g/mol. The summed E-state index contributed by atoms with van der Waals surface area (Å²) in [4.78, 5) is 0. The molecule has 0 spiro atoms. The molecule has 1 unspecified atom stereocenters. The van der Waals surface area contributed by atoms with Gasteiger partial charge in [0.05, 0.1) is 5.57 Å². The molecule has 1 aliphatic carbocycles. The summed E-state index contributed by atoms with van der Waals surface area (Å²) in [6.07, 6.45) is 6.53. The van der Waals surface area contributed by atoms with E-state index in [9.17, 15) is 0 Å². The molecule has 118 valence electrons. The Bertz CT molecular complexity index is 916. The van der Waals surface area contributed by atoms with Crippen molar-refractivity contribution in [1.82, 2.24) is 0 Å². The zero-order valence-electron chi connectivity index (χ0n) is 14.0. The van der Waals surface area contributed by atoms with Crippen LogP contribution in [0.25, 0.3) is 11.1 Å². The molecule has 0 saturated carbocycles. The van der Waals surface area contributed by atoms with Crippen molar-refractivity contribution >= 4 is 11.1 Å². The van der Waals surface area contributed by atoms with Gasteiger partial charge < -0.3 is 4.74 Å². The van der Waals surface area contributed by atoms with Crippen molar-refractivity contribution in [2.75, 3.05) is 0 Å². The molecule has 1 aromatic carbocycles. The Labute approximate surface area is 142 Å². The lowest BCUT2D eigenvalue weighted by molar-refractivity contribution is -0.673. The van der Waals surface area contributed by atoms with Crippen LogP contribution in [0, 0.1) is 5.92 Å². The topological polar surface area (TPSA) is 13.1 Å². The zero-order valence-corrected chi connectivity index (χ0v) is 14.0. The first-order chi connectivity index (χ1) is 11.6. The van der Waals surface area contributed by atoms with Crippen LogP contribution in [0.15, 0.2) is 90.6 Å². The predicted molar refractivity (Wildman–Crippen MR) is 96.4 cm³/mol. The smallest absolute Gasteiger partial charge is 0.215 e. The number of fused-ring (bicyclic) bond motifs is 1. The standard InChI is InChI=1S/C22H20NO/c1-15-18-13-19(17-9-5-4-6-10-17)21(14-18)24-16(2)22(15)20-11-7-8-12-23(20)3/h4-14,18H,2H2,1,3H3/q+1. The first kappa shape index (κ1) is 14.7.